The summed E-state index contributed by atoms with van der Waals surface area (Å²) in [6.07, 6.45) is 3.98. The molecular formula is C10H17N3O2. The lowest BCUT2D eigenvalue weighted by Gasteiger charge is -2.40. The van der Waals surface area contributed by atoms with Gasteiger partial charge in [0.1, 0.15) is 6.04 Å². The largest absolute Gasteiger partial charge is 0.368 e. The van der Waals surface area contributed by atoms with Gasteiger partial charge in [0.15, 0.2) is 0 Å². The fourth-order valence-corrected chi connectivity index (χ4v) is 2.36. The molecule has 2 amide bonds. The van der Waals surface area contributed by atoms with Gasteiger partial charge in [0, 0.05) is 6.54 Å². The van der Waals surface area contributed by atoms with E-state index in [9.17, 15) is 9.59 Å². The Bertz CT molecular complexity index is 299. The van der Waals surface area contributed by atoms with Crippen molar-refractivity contribution >= 4 is 11.8 Å². The molecule has 4 N–H and O–H groups in total. The minimum atomic E-state index is -0.710. The Hall–Kier alpha value is -1.10. The summed E-state index contributed by atoms with van der Waals surface area (Å²) in [6, 6.07) is -0.432. The van der Waals surface area contributed by atoms with Gasteiger partial charge in [-0.1, -0.05) is 0 Å². The second kappa shape index (κ2) is 3.48. The average molecular weight is 211 g/mol. The zero-order valence-electron chi connectivity index (χ0n) is 8.74. The van der Waals surface area contributed by atoms with E-state index in [0.717, 1.165) is 25.7 Å². The Balaban J connectivity index is 2.09. The summed E-state index contributed by atoms with van der Waals surface area (Å²) < 4.78 is 0. The van der Waals surface area contributed by atoms with Crippen molar-refractivity contribution in [2.24, 2.45) is 11.5 Å². The molecule has 0 aromatic rings. The minimum Gasteiger partial charge on any atom is -0.368 e. The molecule has 1 unspecified atom stereocenters. The van der Waals surface area contributed by atoms with Crippen LogP contribution in [-0.2, 0) is 9.59 Å². The standard InChI is InChI=1S/C10H17N3O2/c11-8(14)7-3-1-6-13(7)9(15)10(12)4-2-5-10/h7H,1-6,12H2,(H2,11,14). The van der Waals surface area contributed by atoms with Gasteiger partial charge in [-0.05, 0) is 32.1 Å². The van der Waals surface area contributed by atoms with E-state index in [-0.39, 0.29) is 5.91 Å². The van der Waals surface area contributed by atoms with Crippen LogP contribution in [0.3, 0.4) is 0 Å². The number of rotatable bonds is 2. The Morgan fingerprint density at radius 2 is 1.93 bits per heavy atom. The highest BCUT2D eigenvalue weighted by Gasteiger charge is 2.46. The summed E-state index contributed by atoms with van der Waals surface area (Å²) in [5.41, 5.74) is 10.5. The lowest BCUT2D eigenvalue weighted by Crippen LogP contribution is -2.61. The first-order chi connectivity index (χ1) is 7.04. The van der Waals surface area contributed by atoms with Crippen LogP contribution in [0.25, 0.3) is 0 Å². The summed E-state index contributed by atoms with van der Waals surface area (Å²) in [5, 5.41) is 0. The van der Waals surface area contributed by atoms with Gasteiger partial charge in [-0.2, -0.15) is 0 Å². The van der Waals surface area contributed by atoms with Crippen molar-refractivity contribution in [3.63, 3.8) is 0 Å². The van der Waals surface area contributed by atoms with Crippen LogP contribution in [-0.4, -0.2) is 34.8 Å². The van der Waals surface area contributed by atoms with Crippen LogP contribution in [0, 0.1) is 0 Å². The van der Waals surface area contributed by atoms with Gasteiger partial charge >= 0.3 is 0 Å². The number of nitrogens with two attached hydrogens (primary N) is 2. The van der Waals surface area contributed by atoms with Gasteiger partial charge in [-0.15, -0.1) is 0 Å². The molecule has 2 fully saturated rings. The molecular weight excluding hydrogens is 194 g/mol. The van der Waals surface area contributed by atoms with Crippen molar-refractivity contribution in [1.82, 2.24) is 4.90 Å². The molecule has 15 heavy (non-hydrogen) atoms. The number of carbonyl (C=O) groups is 2. The van der Waals surface area contributed by atoms with Gasteiger partial charge in [0.25, 0.3) is 0 Å². The predicted molar refractivity (Wildman–Crippen MR) is 54.7 cm³/mol. The van der Waals surface area contributed by atoms with Crippen LogP contribution in [0.2, 0.25) is 0 Å². The van der Waals surface area contributed by atoms with Crippen LogP contribution in [0.15, 0.2) is 0 Å². The van der Waals surface area contributed by atoms with E-state index in [1.54, 1.807) is 4.90 Å². The SMILES string of the molecule is NC(=O)C1CCCN1C(=O)C1(N)CCC1. The Morgan fingerprint density at radius 3 is 2.40 bits per heavy atom. The topological polar surface area (TPSA) is 89.4 Å². The first-order valence-corrected chi connectivity index (χ1v) is 5.44. The molecule has 2 rings (SSSR count). The second-order valence-corrected chi connectivity index (χ2v) is 4.57. The summed E-state index contributed by atoms with van der Waals surface area (Å²) in [7, 11) is 0. The average Bonchev–Trinajstić information content (AvgIpc) is 2.61. The molecule has 1 atom stereocenters. The Morgan fingerprint density at radius 1 is 1.27 bits per heavy atom. The molecule has 1 aliphatic carbocycles. The highest BCUT2D eigenvalue weighted by Crippen LogP contribution is 2.33. The fraction of sp³-hybridized carbons (Fsp3) is 0.800. The summed E-state index contributed by atoms with van der Waals surface area (Å²) in [6.45, 7) is 0.616. The highest BCUT2D eigenvalue weighted by atomic mass is 16.2. The zero-order valence-corrected chi connectivity index (χ0v) is 8.74. The lowest BCUT2D eigenvalue weighted by molar-refractivity contribution is -0.144. The molecule has 0 radical (unpaired) electrons. The first kappa shape index (κ1) is 10.4. The minimum absolute atomic E-state index is 0.0879. The van der Waals surface area contributed by atoms with Crippen molar-refractivity contribution in [3.8, 4) is 0 Å². The lowest BCUT2D eigenvalue weighted by atomic mass is 9.76. The fourth-order valence-electron chi connectivity index (χ4n) is 2.36. The predicted octanol–water partition coefficient (Wildman–Crippen LogP) is -0.656. The number of primary amides is 1. The van der Waals surface area contributed by atoms with Gasteiger partial charge in [0.2, 0.25) is 11.8 Å². The van der Waals surface area contributed by atoms with Crippen LogP contribution >= 0.6 is 0 Å². The van der Waals surface area contributed by atoms with Crippen molar-refractivity contribution < 1.29 is 9.59 Å². The molecule has 84 valence electrons. The third-order valence-corrected chi connectivity index (χ3v) is 3.51. The summed E-state index contributed by atoms with van der Waals surface area (Å²) in [4.78, 5) is 24.8. The maximum Gasteiger partial charge on any atom is 0.243 e. The number of likely N-dealkylation sites (tertiary alicyclic amines) is 1. The van der Waals surface area contributed by atoms with E-state index >= 15 is 0 Å². The van der Waals surface area contributed by atoms with Crippen molar-refractivity contribution in [2.45, 2.75) is 43.7 Å². The zero-order chi connectivity index (χ0) is 11.1. The number of amides is 2. The molecule has 5 heteroatoms. The number of carbonyl (C=O) groups excluding carboxylic acids is 2. The monoisotopic (exact) mass is 211 g/mol. The summed E-state index contributed by atoms with van der Waals surface area (Å²) >= 11 is 0. The number of hydrogen-bond acceptors (Lipinski definition) is 3. The molecule has 1 aliphatic heterocycles. The quantitative estimate of drug-likeness (QED) is 0.635. The van der Waals surface area contributed by atoms with Gasteiger partial charge in [-0.3, -0.25) is 9.59 Å². The van der Waals surface area contributed by atoms with Crippen LogP contribution < -0.4 is 11.5 Å². The van der Waals surface area contributed by atoms with Gasteiger partial charge in [-0.25, -0.2) is 0 Å². The molecule has 1 heterocycles. The maximum atomic E-state index is 12.1. The molecule has 1 saturated heterocycles. The third-order valence-electron chi connectivity index (χ3n) is 3.51. The van der Waals surface area contributed by atoms with Crippen molar-refractivity contribution in [2.75, 3.05) is 6.54 Å². The van der Waals surface area contributed by atoms with Crippen molar-refractivity contribution in [3.05, 3.63) is 0 Å². The Kier molecular flexibility index (Phi) is 2.42. The van der Waals surface area contributed by atoms with Crippen LogP contribution in [0.1, 0.15) is 32.1 Å². The summed E-state index contributed by atoms with van der Waals surface area (Å²) in [5.74, 6) is -0.501. The number of hydrogen-bond donors (Lipinski definition) is 2. The van der Waals surface area contributed by atoms with Gasteiger partial charge in [0.05, 0.1) is 5.54 Å². The van der Waals surface area contributed by atoms with E-state index in [1.807, 2.05) is 0 Å². The normalized spacial score (nSPS) is 28.6. The first-order valence-electron chi connectivity index (χ1n) is 5.44. The van der Waals surface area contributed by atoms with Crippen LogP contribution in [0.4, 0.5) is 0 Å². The molecule has 0 aromatic carbocycles. The van der Waals surface area contributed by atoms with E-state index < -0.39 is 17.5 Å². The van der Waals surface area contributed by atoms with Crippen LogP contribution in [0.5, 0.6) is 0 Å². The van der Waals surface area contributed by atoms with E-state index in [0.29, 0.717) is 13.0 Å². The van der Waals surface area contributed by atoms with E-state index in [1.165, 1.54) is 0 Å². The molecule has 2 aliphatic rings. The number of nitrogens with zero attached hydrogens (tertiary/aromatic N) is 1. The molecule has 0 aromatic heterocycles. The maximum absolute atomic E-state index is 12.1. The smallest absolute Gasteiger partial charge is 0.243 e. The van der Waals surface area contributed by atoms with Gasteiger partial charge < -0.3 is 16.4 Å². The molecule has 1 saturated carbocycles. The van der Waals surface area contributed by atoms with E-state index in [2.05, 4.69) is 0 Å². The van der Waals surface area contributed by atoms with E-state index in [4.69, 9.17) is 11.5 Å². The highest BCUT2D eigenvalue weighted by molar-refractivity contribution is 5.92. The van der Waals surface area contributed by atoms with Crippen molar-refractivity contribution in [1.29, 1.82) is 0 Å². The third kappa shape index (κ3) is 1.61. The molecule has 5 nitrogen and oxygen atoms in total. The Labute approximate surface area is 88.8 Å². The second-order valence-electron chi connectivity index (χ2n) is 4.57. The molecule has 0 bridgehead atoms. The molecule has 0 spiro atoms.